The Morgan fingerprint density at radius 2 is 1.73 bits per heavy atom. The molecule has 1 fully saturated rings. The highest BCUT2D eigenvalue weighted by Crippen LogP contribution is 2.26. The van der Waals surface area contributed by atoms with Crippen LogP contribution in [0.5, 0.6) is 0 Å². The number of aromatic nitrogens is 3. The molecule has 4 rings (SSSR count). The molecule has 132 valence electrons. The third-order valence-electron chi connectivity index (χ3n) is 4.74. The maximum Gasteiger partial charge on any atom is 0.163 e. The van der Waals surface area contributed by atoms with Crippen LogP contribution >= 0.6 is 0 Å². The zero-order valence-electron chi connectivity index (χ0n) is 14.5. The standard InChI is InChI=1S/C21H21FN4/c22-17-10-8-15(9-11-17)19-13-20(24-18-6-2-1-3-7-18)26-21(25-19)16-5-4-12-23-14-16/h4-5,8-14,18H,1-3,6-7H2,(H,24,25,26). The van der Waals surface area contributed by atoms with Crippen molar-refractivity contribution in [2.75, 3.05) is 5.32 Å². The van der Waals surface area contributed by atoms with Crippen LogP contribution in [0.25, 0.3) is 22.6 Å². The lowest BCUT2D eigenvalue weighted by Crippen LogP contribution is -2.23. The number of anilines is 1. The molecule has 1 N–H and O–H groups in total. The number of hydrogen-bond acceptors (Lipinski definition) is 4. The van der Waals surface area contributed by atoms with Gasteiger partial charge in [-0.25, -0.2) is 14.4 Å². The fourth-order valence-electron chi connectivity index (χ4n) is 3.37. The lowest BCUT2D eigenvalue weighted by molar-refractivity contribution is 0.462. The van der Waals surface area contributed by atoms with Crippen molar-refractivity contribution in [3.8, 4) is 22.6 Å². The van der Waals surface area contributed by atoms with Gasteiger partial charge < -0.3 is 5.32 Å². The minimum Gasteiger partial charge on any atom is -0.367 e. The minimum absolute atomic E-state index is 0.254. The third kappa shape index (κ3) is 3.87. The fraction of sp³-hybridized carbons (Fsp3) is 0.286. The smallest absolute Gasteiger partial charge is 0.163 e. The first kappa shape index (κ1) is 16.6. The maximum absolute atomic E-state index is 13.3. The summed E-state index contributed by atoms with van der Waals surface area (Å²) in [6, 6.07) is 12.6. The Hall–Kier alpha value is -2.82. The van der Waals surface area contributed by atoms with Gasteiger partial charge in [0.1, 0.15) is 11.6 Å². The number of rotatable bonds is 4. The zero-order chi connectivity index (χ0) is 17.8. The van der Waals surface area contributed by atoms with Crippen LogP contribution in [0.3, 0.4) is 0 Å². The first-order valence-electron chi connectivity index (χ1n) is 9.10. The Morgan fingerprint density at radius 3 is 2.46 bits per heavy atom. The largest absolute Gasteiger partial charge is 0.367 e. The molecule has 0 radical (unpaired) electrons. The third-order valence-corrected chi connectivity index (χ3v) is 4.74. The van der Waals surface area contributed by atoms with E-state index in [1.54, 1.807) is 24.5 Å². The van der Waals surface area contributed by atoms with Gasteiger partial charge in [-0.3, -0.25) is 4.98 Å². The van der Waals surface area contributed by atoms with Crippen LogP contribution in [0.4, 0.5) is 10.2 Å². The summed E-state index contributed by atoms with van der Waals surface area (Å²) in [7, 11) is 0. The molecule has 1 aromatic carbocycles. The monoisotopic (exact) mass is 348 g/mol. The summed E-state index contributed by atoms with van der Waals surface area (Å²) in [5.41, 5.74) is 2.51. The Balaban J connectivity index is 1.72. The van der Waals surface area contributed by atoms with Crippen molar-refractivity contribution in [3.05, 3.63) is 60.7 Å². The molecule has 0 aliphatic heterocycles. The van der Waals surface area contributed by atoms with Crippen molar-refractivity contribution in [1.82, 2.24) is 15.0 Å². The number of benzene rings is 1. The normalized spacial score (nSPS) is 15.0. The molecule has 0 unspecified atom stereocenters. The second-order valence-electron chi connectivity index (χ2n) is 6.69. The van der Waals surface area contributed by atoms with Gasteiger partial charge in [0.05, 0.1) is 5.69 Å². The summed E-state index contributed by atoms with van der Waals surface area (Å²) < 4.78 is 13.3. The summed E-state index contributed by atoms with van der Waals surface area (Å²) in [4.78, 5) is 13.6. The second kappa shape index (κ2) is 7.60. The molecule has 0 bridgehead atoms. The van der Waals surface area contributed by atoms with Gasteiger partial charge in [-0.05, 0) is 49.2 Å². The van der Waals surface area contributed by atoms with E-state index in [9.17, 15) is 4.39 Å². The molecule has 0 atom stereocenters. The summed E-state index contributed by atoms with van der Waals surface area (Å²) in [6.07, 6.45) is 9.63. The van der Waals surface area contributed by atoms with E-state index in [2.05, 4.69) is 15.3 Å². The number of halogens is 1. The number of pyridine rings is 1. The summed E-state index contributed by atoms with van der Waals surface area (Å²) in [5.74, 6) is 1.18. The lowest BCUT2D eigenvalue weighted by atomic mass is 9.95. The van der Waals surface area contributed by atoms with Crippen LogP contribution in [0.2, 0.25) is 0 Å². The average molecular weight is 348 g/mol. The van der Waals surface area contributed by atoms with E-state index < -0.39 is 0 Å². The van der Waals surface area contributed by atoms with Crippen LogP contribution in [0.1, 0.15) is 32.1 Å². The van der Waals surface area contributed by atoms with Crippen LogP contribution in [-0.2, 0) is 0 Å². The van der Waals surface area contributed by atoms with Crippen LogP contribution in [-0.4, -0.2) is 21.0 Å². The summed E-state index contributed by atoms with van der Waals surface area (Å²) in [5, 5.41) is 3.57. The molecule has 2 aromatic heterocycles. The molecule has 1 saturated carbocycles. The van der Waals surface area contributed by atoms with Crippen molar-refractivity contribution < 1.29 is 4.39 Å². The fourth-order valence-corrected chi connectivity index (χ4v) is 3.37. The van der Waals surface area contributed by atoms with Gasteiger partial charge in [0.15, 0.2) is 5.82 Å². The predicted octanol–water partition coefficient (Wildman–Crippen LogP) is 5.09. The average Bonchev–Trinajstić information content (AvgIpc) is 2.70. The van der Waals surface area contributed by atoms with Crippen molar-refractivity contribution >= 4 is 5.82 Å². The Labute approximate surface area is 152 Å². The van der Waals surface area contributed by atoms with Gasteiger partial charge in [-0.2, -0.15) is 0 Å². The molecule has 3 aromatic rings. The van der Waals surface area contributed by atoms with Crippen molar-refractivity contribution in [1.29, 1.82) is 0 Å². The van der Waals surface area contributed by atoms with Gasteiger partial charge in [-0.15, -0.1) is 0 Å². The first-order valence-corrected chi connectivity index (χ1v) is 9.10. The predicted molar refractivity (Wildman–Crippen MR) is 101 cm³/mol. The lowest BCUT2D eigenvalue weighted by Gasteiger charge is -2.23. The highest BCUT2D eigenvalue weighted by molar-refractivity contribution is 5.67. The molecule has 1 aliphatic carbocycles. The zero-order valence-corrected chi connectivity index (χ0v) is 14.5. The van der Waals surface area contributed by atoms with Crippen molar-refractivity contribution in [2.24, 2.45) is 0 Å². The van der Waals surface area contributed by atoms with E-state index in [0.717, 1.165) is 35.5 Å². The van der Waals surface area contributed by atoms with Crippen LogP contribution < -0.4 is 5.32 Å². The first-order chi connectivity index (χ1) is 12.8. The Kier molecular flexibility index (Phi) is 4.86. The van der Waals surface area contributed by atoms with Gasteiger partial charge in [-0.1, -0.05) is 19.3 Å². The molecule has 0 saturated heterocycles. The minimum atomic E-state index is -0.254. The Morgan fingerprint density at radius 1 is 0.923 bits per heavy atom. The molecule has 26 heavy (non-hydrogen) atoms. The molecule has 4 nitrogen and oxygen atoms in total. The molecule has 0 amide bonds. The van der Waals surface area contributed by atoms with E-state index in [4.69, 9.17) is 4.98 Å². The number of nitrogens with zero attached hydrogens (tertiary/aromatic N) is 3. The van der Waals surface area contributed by atoms with Gasteiger partial charge in [0, 0.05) is 35.6 Å². The van der Waals surface area contributed by atoms with E-state index in [1.807, 2.05) is 18.2 Å². The second-order valence-corrected chi connectivity index (χ2v) is 6.69. The highest BCUT2D eigenvalue weighted by Gasteiger charge is 2.15. The molecule has 2 heterocycles. The number of nitrogens with one attached hydrogen (secondary N) is 1. The van der Waals surface area contributed by atoms with Crippen LogP contribution in [0.15, 0.2) is 54.9 Å². The number of hydrogen-bond donors (Lipinski definition) is 1. The molecular weight excluding hydrogens is 327 g/mol. The SMILES string of the molecule is Fc1ccc(-c2cc(NC3CCCCC3)nc(-c3cccnc3)n2)cc1. The van der Waals surface area contributed by atoms with Gasteiger partial charge in [0.25, 0.3) is 0 Å². The maximum atomic E-state index is 13.3. The highest BCUT2D eigenvalue weighted by atomic mass is 19.1. The van der Waals surface area contributed by atoms with Crippen LogP contribution in [0, 0.1) is 5.82 Å². The van der Waals surface area contributed by atoms with Gasteiger partial charge in [0.2, 0.25) is 0 Å². The van der Waals surface area contributed by atoms with E-state index in [1.165, 1.54) is 31.4 Å². The Bertz CT molecular complexity index is 859. The molecule has 5 heteroatoms. The molecule has 1 aliphatic rings. The van der Waals surface area contributed by atoms with Gasteiger partial charge >= 0.3 is 0 Å². The summed E-state index contributed by atoms with van der Waals surface area (Å²) >= 11 is 0. The van der Waals surface area contributed by atoms with E-state index in [-0.39, 0.29) is 5.82 Å². The quantitative estimate of drug-likeness (QED) is 0.713. The van der Waals surface area contributed by atoms with Crippen molar-refractivity contribution in [3.63, 3.8) is 0 Å². The van der Waals surface area contributed by atoms with E-state index in [0.29, 0.717) is 11.9 Å². The van der Waals surface area contributed by atoms with Crippen molar-refractivity contribution in [2.45, 2.75) is 38.1 Å². The summed E-state index contributed by atoms with van der Waals surface area (Å²) in [6.45, 7) is 0. The topological polar surface area (TPSA) is 50.7 Å². The molecular formula is C21H21FN4. The van der Waals surface area contributed by atoms with E-state index >= 15 is 0 Å². The molecule has 0 spiro atoms.